The van der Waals surface area contributed by atoms with E-state index in [1.165, 1.54) is 17.5 Å². The Morgan fingerprint density at radius 1 is 1.24 bits per heavy atom. The van der Waals surface area contributed by atoms with Crippen molar-refractivity contribution in [3.63, 3.8) is 0 Å². The lowest BCUT2D eigenvalue weighted by atomic mass is 9.93. The maximum Gasteiger partial charge on any atom is 0.193 e. The Balaban J connectivity index is 1.81. The third-order valence-corrected chi connectivity index (χ3v) is 4.48. The summed E-state index contributed by atoms with van der Waals surface area (Å²) in [4.78, 5) is 6.79. The summed E-state index contributed by atoms with van der Waals surface area (Å²) in [5, 5.41) is 3.49. The van der Waals surface area contributed by atoms with Gasteiger partial charge in [-0.1, -0.05) is 38.1 Å². The number of ether oxygens (including phenoxy) is 2. The summed E-state index contributed by atoms with van der Waals surface area (Å²) in [6.45, 7) is 12.2. The van der Waals surface area contributed by atoms with Gasteiger partial charge in [-0.3, -0.25) is 4.99 Å². The van der Waals surface area contributed by atoms with Crippen LogP contribution < -0.4 is 5.32 Å². The van der Waals surface area contributed by atoms with E-state index in [0.29, 0.717) is 25.2 Å². The van der Waals surface area contributed by atoms with Gasteiger partial charge in [0.2, 0.25) is 0 Å². The van der Waals surface area contributed by atoms with E-state index in [0.717, 1.165) is 32.2 Å². The maximum absolute atomic E-state index is 5.65. The maximum atomic E-state index is 5.65. The summed E-state index contributed by atoms with van der Waals surface area (Å²) < 4.78 is 10.9. The summed E-state index contributed by atoms with van der Waals surface area (Å²) in [6.07, 6.45) is 1.21. The van der Waals surface area contributed by atoms with Crippen LogP contribution in [0.3, 0.4) is 0 Å². The second-order valence-electron chi connectivity index (χ2n) is 7.31. The van der Waals surface area contributed by atoms with E-state index in [2.05, 4.69) is 53.3 Å². The number of hydrogen-bond acceptors (Lipinski definition) is 3. The molecule has 0 spiro atoms. The molecule has 1 heterocycles. The van der Waals surface area contributed by atoms with E-state index in [4.69, 9.17) is 9.47 Å². The van der Waals surface area contributed by atoms with E-state index >= 15 is 0 Å². The van der Waals surface area contributed by atoms with Crippen molar-refractivity contribution in [2.24, 2.45) is 10.4 Å². The molecule has 1 saturated heterocycles. The Bertz CT molecular complexity index is 558. The third kappa shape index (κ3) is 6.67. The minimum absolute atomic E-state index is 0.371. The Labute approximate surface area is 152 Å². The molecule has 1 N–H and O–H groups in total. The first-order chi connectivity index (χ1) is 12.0. The van der Waals surface area contributed by atoms with Crippen LogP contribution in [0.25, 0.3) is 0 Å². The first kappa shape index (κ1) is 19.7. The molecule has 1 aromatic carbocycles. The second-order valence-corrected chi connectivity index (χ2v) is 7.31. The molecule has 0 atom stereocenters. The molecule has 1 aliphatic heterocycles. The quantitative estimate of drug-likeness (QED) is 0.446. The first-order valence-corrected chi connectivity index (χ1v) is 9.23. The molecule has 5 heteroatoms. The molecular formula is C20H33N3O2. The molecule has 0 unspecified atom stereocenters. The number of rotatable bonds is 8. The van der Waals surface area contributed by atoms with Gasteiger partial charge < -0.3 is 19.7 Å². The SMILES string of the molecule is CCOCCOCc1cccc(CNC(=NC)N2CCC(C)(C)C2)c1. The van der Waals surface area contributed by atoms with E-state index in [-0.39, 0.29) is 0 Å². The largest absolute Gasteiger partial charge is 0.379 e. The molecule has 2 rings (SSSR count). The highest BCUT2D eigenvalue weighted by Gasteiger charge is 2.30. The van der Waals surface area contributed by atoms with Gasteiger partial charge in [-0.05, 0) is 29.9 Å². The molecule has 0 amide bonds. The number of nitrogens with one attached hydrogen (secondary N) is 1. The van der Waals surface area contributed by atoms with Crippen LogP contribution in [0.2, 0.25) is 0 Å². The van der Waals surface area contributed by atoms with E-state index in [9.17, 15) is 0 Å². The van der Waals surface area contributed by atoms with Crippen molar-refractivity contribution in [2.75, 3.05) is 40.0 Å². The summed E-state index contributed by atoms with van der Waals surface area (Å²) >= 11 is 0. The molecule has 25 heavy (non-hydrogen) atoms. The number of hydrogen-bond donors (Lipinski definition) is 1. The van der Waals surface area contributed by atoms with Crippen LogP contribution in [0.5, 0.6) is 0 Å². The highest BCUT2D eigenvalue weighted by Crippen LogP contribution is 2.28. The zero-order valence-corrected chi connectivity index (χ0v) is 16.2. The van der Waals surface area contributed by atoms with Crippen LogP contribution in [-0.4, -0.2) is 50.8 Å². The zero-order valence-electron chi connectivity index (χ0n) is 16.2. The second kappa shape index (κ2) is 9.78. The lowest BCUT2D eigenvalue weighted by Crippen LogP contribution is -2.40. The average molecular weight is 348 g/mol. The predicted octanol–water partition coefficient (Wildman–Crippen LogP) is 3.05. The van der Waals surface area contributed by atoms with Crippen LogP contribution in [-0.2, 0) is 22.6 Å². The van der Waals surface area contributed by atoms with Gasteiger partial charge in [0.15, 0.2) is 5.96 Å². The van der Waals surface area contributed by atoms with Gasteiger partial charge >= 0.3 is 0 Å². The van der Waals surface area contributed by atoms with Gasteiger partial charge in [-0.2, -0.15) is 0 Å². The average Bonchev–Trinajstić information content (AvgIpc) is 2.95. The van der Waals surface area contributed by atoms with Gasteiger partial charge in [0, 0.05) is 33.3 Å². The van der Waals surface area contributed by atoms with Crippen molar-refractivity contribution in [1.82, 2.24) is 10.2 Å². The van der Waals surface area contributed by atoms with E-state index in [1.807, 2.05) is 14.0 Å². The summed E-state index contributed by atoms with van der Waals surface area (Å²) in [6, 6.07) is 8.51. The number of guanidine groups is 1. The summed E-state index contributed by atoms with van der Waals surface area (Å²) in [5.41, 5.74) is 2.80. The minimum atomic E-state index is 0.371. The fourth-order valence-corrected chi connectivity index (χ4v) is 3.09. The molecule has 0 bridgehead atoms. The van der Waals surface area contributed by atoms with Crippen molar-refractivity contribution in [1.29, 1.82) is 0 Å². The highest BCUT2D eigenvalue weighted by molar-refractivity contribution is 5.80. The number of benzene rings is 1. The topological polar surface area (TPSA) is 46.1 Å². The Morgan fingerprint density at radius 3 is 2.68 bits per heavy atom. The van der Waals surface area contributed by atoms with Crippen LogP contribution in [0.1, 0.15) is 38.3 Å². The summed E-state index contributed by atoms with van der Waals surface area (Å²) in [5.74, 6) is 0.990. The van der Waals surface area contributed by atoms with Crippen LogP contribution in [0.4, 0.5) is 0 Å². The van der Waals surface area contributed by atoms with Crippen molar-refractivity contribution >= 4 is 5.96 Å². The third-order valence-electron chi connectivity index (χ3n) is 4.48. The van der Waals surface area contributed by atoms with Gasteiger partial charge in [0.1, 0.15) is 0 Å². The van der Waals surface area contributed by atoms with Crippen molar-refractivity contribution in [3.8, 4) is 0 Å². The minimum Gasteiger partial charge on any atom is -0.379 e. The molecule has 0 radical (unpaired) electrons. The zero-order chi connectivity index (χ0) is 18.1. The Morgan fingerprint density at radius 2 is 2.00 bits per heavy atom. The molecule has 1 fully saturated rings. The molecular weight excluding hydrogens is 314 g/mol. The van der Waals surface area contributed by atoms with Gasteiger partial charge in [0.05, 0.1) is 19.8 Å². The molecule has 0 aromatic heterocycles. The predicted molar refractivity (Wildman–Crippen MR) is 103 cm³/mol. The lowest BCUT2D eigenvalue weighted by Gasteiger charge is -2.23. The Kier molecular flexibility index (Phi) is 7.72. The van der Waals surface area contributed by atoms with Crippen LogP contribution >= 0.6 is 0 Å². The normalized spacial score (nSPS) is 17.1. The monoisotopic (exact) mass is 347 g/mol. The van der Waals surface area contributed by atoms with Gasteiger partial charge in [0.25, 0.3) is 0 Å². The molecule has 1 aliphatic rings. The number of aliphatic imine (C=N–C) groups is 1. The molecule has 1 aromatic rings. The van der Waals surface area contributed by atoms with E-state index < -0.39 is 0 Å². The van der Waals surface area contributed by atoms with E-state index in [1.54, 1.807) is 0 Å². The highest BCUT2D eigenvalue weighted by atomic mass is 16.5. The van der Waals surface area contributed by atoms with Crippen molar-refractivity contribution in [2.45, 2.75) is 40.3 Å². The fraction of sp³-hybridized carbons (Fsp3) is 0.650. The first-order valence-electron chi connectivity index (χ1n) is 9.23. The van der Waals surface area contributed by atoms with Crippen molar-refractivity contribution in [3.05, 3.63) is 35.4 Å². The lowest BCUT2D eigenvalue weighted by molar-refractivity contribution is 0.0453. The van der Waals surface area contributed by atoms with Crippen LogP contribution in [0, 0.1) is 5.41 Å². The standard InChI is InChI=1S/C20H33N3O2/c1-5-24-11-12-25-15-18-8-6-7-17(13-18)14-22-19(21-4)23-10-9-20(2,3)16-23/h6-8,13H,5,9-12,14-16H2,1-4H3,(H,21,22). The van der Waals surface area contributed by atoms with Gasteiger partial charge in [-0.15, -0.1) is 0 Å². The number of likely N-dealkylation sites (tertiary alicyclic amines) is 1. The van der Waals surface area contributed by atoms with Crippen LogP contribution in [0.15, 0.2) is 29.3 Å². The molecule has 0 aliphatic carbocycles. The fourth-order valence-electron chi connectivity index (χ4n) is 3.09. The molecule has 140 valence electrons. The molecule has 5 nitrogen and oxygen atoms in total. The Hall–Kier alpha value is -1.59. The van der Waals surface area contributed by atoms with Crippen molar-refractivity contribution < 1.29 is 9.47 Å². The smallest absolute Gasteiger partial charge is 0.193 e. The molecule has 0 saturated carbocycles. The summed E-state index contributed by atoms with van der Waals surface area (Å²) in [7, 11) is 1.86. The van der Waals surface area contributed by atoms with Gasteiger partial charge in [-0.25, -0.2) is 0 Å². The number of nitrogens with zero attached hydrogens (tertiary/aromatic N) is 2.